The molecular weight excluding hydrogens is 499 g/mol. The first-order chi connectivity index (χ1) is 17.8. The van der Waals surface area contributed by atoms with Crippen LogP contribution in [0.4, 0.5) is 13.2 Å². The SMILES string of the molecule is CC(C)C=C(CC(=O)NOCc1ccccc1)C(=O)N(Cc1ccc(C(F)(F)F)cc1)[C@H](C(N)=O)C(C)C. The summed E-state index contributed by atoms with van der Waals surface area (Å²) in [7, 11) is 0. The maximum absolute atomic E-state index is 13.7. The fraction of sp³-hybridized carbons (Fsp3) is 0.393. The summed E-state index contributed by atoms with van der Waals surface area (Å²) in [5, 5.41) is 0. The van der Waals surface area contributed by atoms with Crippen molar-refractivity contribution >= 4 is 17.7 Å². The van der Waals surface area contributed by atoms with E-state index in [2.05, 4.69) is 5.48 Å². The van der Waals surface area contributed by atoms with Crippen LogP contribution >= 0.6 is 0 Å². The molecule has 0 aliphatic rings. The van der Waals surface area contributed by atoms with E-state index in [-0.39, 0.29) is 31.1 Å². The Kier molecular flexibility index (Phi) is 11.1. The molecule has 1 atom stereocenters. The van der Waals surface area contributed by atoms with Crippen LogP contribution in [0.1, 0.15) is 50.8 Å². The topological polar surface area (TPSA) is 102 Å². The van der Waals surface area contributed by atoms with Gasteiger partial charge in [0.2, 0.25) is 11.8 Å². The Labute approximate surface area is 220 Å². The molecule has 10 heteroatoms. The van der Waals surface area contributed by atoms with E-state index in [0.717, 1.165) is 17.7 Å². The van der Waals surface area contributed by atoms with Gasteiger partial charge in [0.15, 0.2) is 0 Å². The first-order valence-corrected chi connectivity index (χ1v) is 12.2. The number of primary amides is 1. The van der Waals surface area contributed by atoms with Crippen LogP contribution in [-0.4, -0.2) is 28.7 Å². The number of nitrogens with one attached hydrogen (secondary N) is 1. The summed E-state index contributed by atoms with van der Waals surface area (Å²) >= 11 is 0. The Bertz CT molecular complexity index is 1110. The second-order valence-corrected chi connectivity index (χ2v) is 9.63. The molecular formula is C28H34F3N3O4. The summed E-state index contributed by atoms with van der Waals surface area (Å²) < 4.78 is 39.0. The normalized spacial score (nSPS) is 12.9. The Morgan fingerprint density at radius 2 is 1.58 bits per heavy atom. The van der Waals surface area contributed by atoms with Crippen molar-refractivity contribution in [3.63, 3.8) is 0 Å². The van der Waals surface area contributed by atoms with E-state index >= 15 is 0 Å². The molecule has 3 amide bonds. The lowest BCUT2D eigenvalue weighted by Gasteiger charge is -2.33. The van der Waals surface area contributed by atoms with Crippen molar-refractivity contribution in [2.45, 2.75) is 59.5 Å². The average molecular weight is 534 g/mol. The number of halogens is 3. The first kappa shape index (κ1) is 30.6. The average Bonchev–Trinajstić information content (AvgIpc) is 2.82. The number of carbonyl (C=O) groups is 3. The second-order valence-electron chi connectivity index (χ2n) is 9.63. The molecule has 2 aromatic rings. The van der Waals surface area contributed by atoms with Crippen molar-refractivity contribution in [1.82, 2.24) is 10.4 Å². The molecule has 0 heterocycles. The summed E-state index contributed by atoms with van der Waals surface area (Å²) in [6, 6.07) is 12.4. The summed E-state index contributed by atoms with van der Waals surface area (Å²) in [5.41, 5.74) is 8.45. The number of hydroxylamine groups is 1. The third-order valence-corrected chi connectivity index (χ3v) is 5.58. The molecule has 0 aromatic heterocycles. The smallest absolute Gasteiger partial charge is 0.368 e. The van der Waals surface area contributed by atoms with Crippen LogP contribution in [0.5, 0.6) is 0 Å². The Hall–Kier alpha value is -3.66. The van der Waals surface area contributed by atoms with Gasteiger partial charge in [-0.15, -0.1) is 0 Å². The van der Waals surface area contributed by atoms with Crippen LogP contribution in [0.2, 0.25) is 0 Å². The highest BCUT2D eigenvalue weighted by Gasteiger charge is 2.34. The van der Waals surface area contributed by atoms with Crippen molar-refractivity contribution in [2.24, 2.45) is 17.6 Å². The largest absolute Gasteiger partial charge is 0.416 e. The molecule has 2 rings (SSSR count). The van der Waals surface area contributed by atoms with Gasteiger partial charge in [0.05, 0.1) is 18.6 Å². The van der Waals surface area contributed by atoms with Crippen molar-refractivity contribution < 1.29 is 32.4 Å². The summed E-state index contributed by atoms with van der Waals surface area (Å²) in [6.07, 6.45) is -3.24. The van der Waals surface area contributed by atoms with Gasteiger partial charge in [-0.25, -0.2) is 5.48 Å². The predicted molar refractivity (Wildman–Crippen MR) is 137 cm³/mol. The molecule has 0 unspecified atom stereocenters. The van der Waals surface area contributed by atoms with Crippen LogP contribution in [-0.2, 0) is 38.5 Å². The summed E-state index contributed by atoms with van der Waals surface area (Å²) in [6.45, 7) is 7.01. The van der Waals surface area contributed by atoms with Crippen LogP contribution < -0.4 is 11.2 Å². The lowest BCUT2D eigenvalue weighted by molar-refractivity contribution is -0.140. The Morgan fingerprint density at radius 1 is 0.974 bits per heavy atom. The van der Waals surface area contributed by atoms with Crippen LogP contribution in [0.3, 0.4) is 0 Å². The number of hydrogen-bond acceptors (Lipinski definition) is 4. The van der Waals surface area contributed by atoms with Gasteiger partial charge in [-0.1, -0.05) is 76.2 Å². The van der Waals surface area contributed by atoms with Crippen molar-refractivity contribution in [2.75, 3.05) is 0 Å². The van der Waals surface area contributed by atoms with Crippen molar-refractivity contribution in [3.05, 3.63) is 82.9 Å². The maximum Gasteiger partial charge on any atom is 0.416 e. The molecule has 0 spiro atoms. The molecule has 0 bridgehead atoms. The highest BCUT2D eigenvalue weighted by Crippen LogP contribution is 2.29. The van der Waals surface area contributed by atoms with Gasteiger partial charge in [0, 0.05) is 12.1 Å². The zero-order valence-electron chi connectivity index (χ0n) is 21.9. The maximum atomic E-state index is 13.7. The van der Waals surface area contributed by atoms with E-state index in [1.165, 1.54) is 17.0 Å². The minimum atomic E-state index is -4.51. The molecule has 206 valence electrons. The predicted octanol–water partition coefficient (Wildman–Crippen LogP) is 4.76. The van der Waals surface area contributed by atoms with E-state index in [0.29, 0.717) is 5.56 Å². The number of allylic oxidation sites excluding steroid dienone is 1. The lowest BCUT2D eigenvalue weighted by Crippen LogP contribution is -2.51. The minimum absolute atomic E-state index is 0.111. The quantitative estimate of drug-likeness (QED) is 0.303. The molecule has 0 saturated carbocycles. The molecule has 0 radical (unpaired) electrons. The molecule has 3 N–H and O–H groups in total. The molecule has 38 heavy (non-hydrogen) atoms. The van der Waals surface area contributed by atoms with Gasteiger partial charge in [-0.3, -0.25) is 19.2 Å². The molecule has 0 aliphatic heterocycles. The van der Waals surface area contributed by atoms with Gasteiger partial charge < -0.3 is 10.6 Å². The van der Waals surface area contributed by atoms with Crippen LogP contribution in [0.15, 0.2) is 66.2 Å². The van der Waals surface area contributed by atoms with Gasteiger partial charge >= 0.3 is 6.18 Å². The number of nitrogens with zero attached hydrogens (tertiary/aromatic N) is 1. The van der Waals surface area contributed by atoms with E-state index < -0.39 is 41.4 Å². The summed E-state index contributed by atoms with van der Waals surface area (Å²) in [4.78, 5) is 45.2. The molecule has 0 saturated heterocycles. The minimum Gasteiger partial charge on any atom is -0.368 e. The lowest BCUT2D eigenvalue weighted by atomic mass is 9.97. The number of hydrogen-bond donors (Lipinski definition) is 2. The highest BCUT2D eigenvalue weighted by molar-refractivity contribution is 6.00. The van der Waals surface area contributed by atoms with E-state index in [9.17, 15) is 27.6 Å². The number of rotatable bonds is 12. The third kappa shape index (κ3) is 9.33. The van der Waals surface area contributed by atoms with Gasteiger partial charge in [-0.05, 0) is 35.1 Å². The fourth-order valence-electron chi connectivity index (χ4n) is 3.91. The van der Waals surface area contributed by atoms with Crippen molar-refractivity contribution in [1.29, 1.82) is 0 Å². The van der Waals surface area contributed by atoms with Gasteiger partial charge in [-0.2, -0.15) is 13.2 Å². The number of alkyl halides is 3. The Morgan fingerprint density at radius 3 is 2.08 bits per heavy atom. The molecule has 0 fully saturated rings. The third-order valence-electron chi connectivity index (χ3n) is 5.58. The number of carbonyl (C=O) groups excluding carboxylic acids is 3. The fourth-order valence-corrected chi connectivity index (χ4v) is 3.91. The van der Waals surface area contributed by atoms with Crippen LogP contribution in [0, 0.1) is 11.8 Å². The first-order valence-electron chi connectivity index (χ1n) is 12.2. The van der Waals surface area contributed by atoms with E-state index in [1.54, 1.807) is 19.9 Å². The van der Waals surface area contributed by atoms with Gasteiger partial charge in [0.1, 0.15) is 6.04 Å². The zero-order valence-corrected chi connectivity index (χ0v) is 21.9. The highest BCUT2D eigenvalue weighted by atomic mass is 19.4. The Balaban J connectivity index is 2.28. The summed E-state index contributed by atoms with van der Waals surface area (Å²) in [5.74, 6) is -2.47. The standard InChI is InChI=1S/C28H34F3N3O4/c1-18(2)14-22(15-24(35)33-38-17-21-8-6-5-7-9-21)27(37)34(25(19(3)4)26(32)36)16-20-10-12-23(13-11-20)28(29,30)31/h5-14,18-19,25H,15-17H2,1-4H3,(H2,32,36)(H,33,35)/t25-/m0/s1. The number of nitrogens with two attached hydrogens (primary N) is 1. The molecule has 7 nitrogen and oxygen atoms in total. The molecule has 0 aliphatic carbocycles. The second kappa shape index (κ2) is 13.8. The van der Waals surface area contributed by atoms with Crippen LogP contribution in [0.25, 0.3) is 0 Å². The number of amides is 3. The molecule has 2 aromatic carbocycles. The van der Waals surface area contributed by atoms with Gasteiger partial charge in [0.25, 0.3) is 5.91 Å². The van der Waals surface area contributed by atoms with Crippen molar-refractivity contribution in [3.8, 4) is 0 Å². The zero-order chi connectivity index (χ0) is 28.5. The van der Waals surface area contributed by atoms with E-state index in [4.69, 9.17) is 10.6 Å². The van der Waals surface area contributed by atoms with E-state index in [1.807, 2.05) is 44.2 Å². The monoisotopic (exact) mass is 533 g/mol. The number of benzene rings is 2.